The first-order chi connectivity index (χ1) is 6.84. The molecule has 0 saturated heterocycles. The quantitative estimate of drug-likeness (QED) is 0.776. The molecule has 0 radical (unpaired) electrons. The number of aromatic nitrogens is 4. The molecule has 2 aromatic rings. The van der Waals surface area contributed by atoms with Crippen LogP contribution in [0.1, 0.15) is 5.69 Å². The molecule has 0 atom stereocenters. The van der Waals surface area contributed by atoms with Gasteiger partial charge in [-0.2, -0.15) is 4.37 Å². The first kappa shape index (κ1) is 9.82. The van der Waals surface area contributed by atoms with E-state index in [2.05, 4.69) is 19.3 Å². The topological polar surface area (TPSA) is 51.6 Å². The summed E-state index contributed by atoms with van der Waals surface area (Å²) in [5.74, 6) is 0.735. The van der Waals surface area contributed by atoms with Gasteiger partial charge in [-0.05, 0) is 11.5 Å². The maximum absolute atomic E-state index is 5.61. The monoisotopic (exact) mass is 244 g/mol. The van der Waals surface area contributed by atoms with Crippen molar-refractivity contribution in [2.75, 3.05) is 0 Å². The molecule has 7 heteroatoms. The maximum atomic E-state index is 5.61. The molecule has 0 spiro atoms. The van der Waals surface area contributed by atoms with E-state index >= 15 is 0 Å². The molecule has 2 heterocycles. The second-order valence-electron chi connectivity index (χ2n) is 2.33. The van der Waals surface area contributed by atoms with Gasteiger partial charge in [-0.1, -0.05) is 23.4 Å². The van der Waals surface area contributed by atoms with Crippen LogP contribution in [-0.4, -0.2) is 19.3 Å². The largest absolute Gasteiger partial charge is 0.256 e. The van der Waals surface area contributed by atoms with Crippen LogP contribution in [0.25, 0.3) is 0 Å². The molecule has 0 N–H and O–H groups in total. The van der Waals surface area contributed by atoms with E-state index in [4.69, 9.17) is 11.6 Å². The minimum Gasteiger partial charge on any atom is -0.256 e. The number of hydrogen-bond donors (Lipinski definition) is 0. The number of halogens is 1. The second kappa shape index (κ2) is 4.68. The van der Waals surface area contributed by atoms with Crippen molar-refractivity contribution in [3.63, 3.8) is 0 Å². The summed E-state index contributed by atoms with van der Waals surface area (Å²) in [6.07, 6.45) is 4.74. The van der Waals surface area contributed by atoms with E-state index in [1.165, 1.54) is 17.7 Å². The SMILES string of the molecule is Clc1cnc(CSc2ncns2)cn1. The highest BCUT2D eigenvalue weighted by atomic mass is 35.5. The fourth-order valence-corrected chi connectivity index (χ4v) is 2.21. The van der Waals surface area contributed by atoms with Crippen LogP contribution in [0.3, 0.4) is 0 Å². The molecule has 0 saturated carbocycles. The molecule has 0 aromatic carbocycles. The molecule has 0 bridgehead atoms. The average Bonchev–Trinajstić information content (AvgIpc) is 2.70. The van der Waals surface area contributed by atoms with Crippen LogP contribution in [-0.2, 0) is 5.75 Å². The zero-order valence-corrected chi connectivity index (χ0v) is 9.31. The molecule has 2 rings (SSSR count). The van der Waals surface area contributed by atoms with Crippen LogP contribution in [0.5, 0.6) is 0 Å². The molecule has 72 valence electrons. The zero-order chi connectivity index (χ0) is 9.80. The summed E-state index contributed by atoms with van der Waals surface area (Å²) in [5, 5.41) is 0.412. The number of thioether (sulfide) groups is 1. The van der Waals surface area contributed by atoms with Gasteiger partial charge in [-0.15, -0.1) is 0 Å². The molecule has 0 aliphatic carbocycles. The third-order valence-corrected chi connectivity index (χ3v) is 3.38. The van der Waals surface area contributed by atoms with E-state index in [1.54, 1.807) is 24.3 Å². The highest BCUT2D eigenvalue weighted by Gasteiger charge is 2.00. The minimum absolute atomic E-state index is 0.412. The van der Waals surface area contributed by atoms with Crippen LogP contribution in [0.15, 0.2) is 23.1 Å². The van der Waals surface area contributed by atoms with E-state index < -0.39 is 0 Å². The molecule has 0 fully saturated rings. The Labute approximate surface area is 93.9 Å². The van der Waals surface area contributed by atoms with Crippen LogP contribution in [0.2, 0.25) is 5.15 Å². The van der Waals surface area contributed by atoms with E-state index in [0.29, 0.717) is 5.15 Å². The lowest BCUT2D eigenvalue weighted by atomic mass is 10.5. The van der Waals surface area contributed by atoms with Gasteiger partial charge in [0.1, 0.15) is 11.5 Å². The van der Waals surface area contributed by atoms with Crippen molar-refractivity contribution < 1.29 is 0 Å². The van der Waals surface area contributed by atoms with E-state index in [9.17, 15) is 0 Å². The molecule has 0 aliphatic heterocycles. The van der Waals surface area contributed by atoms with Gasteiger partial charge in [0.2, 0.25) is 0 Å². The highest BCUT2D eigenvalue weighted by molar-refractivity contribution is 8.00. The lowest BCUT2D eigenvalue weighted by molar-refractivity contribution is 1.10. The van der Waals surface area contributed by atoms with Crippen LogP contribution in [0, 0.1) is 0 Å². The smallest absolute Gasteiger partial charge is 0.170 e. The fraction of sp³-hybridized carbons (Fsp3) is 0.143. The van der Waals surface area contributed by atoms with Crippen molar-refractivity contribution in [2.45, 2.75) is 10.1 Å². The summed E-state index contributed by atoms with van der Waals surface area (Å²) >= 11 is 8.57. The summed E-state index contributed by atoms with van der Waals surface area (Å²) in [6, 6.07) is 0. The molecule has 0 aliphatic rings. The third kappa shape index (κ3) is 2.63. The van der Waals surface area contributed by atoms with E-state index in [-0.39, 0.29) is 0 Å². The second-order valence-corrected chi connectivity index (χ2v) is 4.72. The Kier molecular flexibility index (Phi) is 3.28. The first-order valence-electron chi connectivity index (χ1n) is 3.70. The fourth-order valence-electron chi connectivity index (χ4n) is 0.776. The average molecular weight is 245 g/mol. The number of hydrogen-bond acceptors (Lipinski definition) is 6. The Bertz CT molecular complexity index is 389. The van der Waals surface area contributed by atoms with Crippen molar-refractivity contribution in [3.05, 3.63) is 29.6 Å². The Morgan fingerprint density at radius 2 is 2.21 bits per heavy atom. The molecule has 14 heavy (non-hydrogen) atoms. The standard InChI is InChI=1S/C7H5ClN4S2/c8-6-2-9-5(1-10-6)3-13-7-11-4-12-14-7/h1-2,4H,3H2. The molecule has 0 amide bonds. The van der Waals surface area contributed by atoms with Gasteiger partial charge < -0.3 is 0 Å². The molecule has 2 aromatic heterocycles. The van der Waals surface area contributed by atoms with Gasteiger partial charge in [0.05, 0.1) is 18.1 Å². The van der Waals surface area contributed by atoms with Gasteiger partial charge in [0, 0.05) is 5.75 Å². The first-order valence-corrected chi connectivity index (χ1v) is 5.84. The Hall–Kier alpha value is -0.720. The Morgan fingerprint density at radius 1 is 1.29 bits per heavy atom. The van der Waals surface area contributed by atoms with Crippen molar-refractivity contribution in [1.82, 2.24) is 19.3 Å². The molecular formula is C7H5ClN4S2. The zero-order valence-electron chi connectivity index (χ0n) is 6.92. The van der Waals surface area contributed by atoms with Crippen LogP contribution >= 0.6 is 34.9 Å². The summed E-state index contributed by atoms with van der Waals surface area (Å²) in [7, 11) is 0. The lowest BCUT2D eigenvalue weighted by Crippen LogP contribution is -1.87. The van der Waals surface area contributed by atoms with Crippen molar-refractivity contribution in [3.8, 4) is 0 Å². The molecular weight excluding hydrogens is 240 g/mol. The summed E-state index contributed by atoms with van der Waals surface area (Å²) < 4.78 is 4.83. The number of nitrogens with zero attached hydrogens (tertiary/aromatic N) is 4. The molecule has 4 nitrogen and oxygen atoms in total. The van der Waals surface area contributed by atoms with Gasteiger partial charge in [0.15, 0.2) is 4.34 Å². The predicted molar refractivity (Wildman–Crippen MR) is 56.5 cm³/mol. The van der Waals surface area contributed by atoms with Crippen LogP contribution in [0.4, 0.5) is 0 Å². The Balaban J connectivity index is 1.95. The van der Waals surface area contributed by atoms with Gasteiger partial charge in [0.25, 0.3) is 0 Å². The summed E-state index contributed by atoms with van der Waals surface area (Å²) in [6.45, 7) is 0. The number of rotatable bonds is 3. The summed E-state index contributed by atoms with van der Waals surface area (Å²) in [4.78, 5) is 12.1. The van der Waals surface area contributed by atoms with Gasteiger partial charge in [-0.3, -0.25) is 4.98 Å². The molecule has 0 unspecified atom stereocenters. The van der Waals surface area contributed by atoms with Crippen molar-refractivity contribution in [2.24, 2.45) is 0 Å². The van der Waals surface area contributed by atoms with Gasteiger partial charge in [-0.25, -0.2) is 9.97 Å². The minimum atomic E-state index is 0.412. The normalized spacial score (nSPS) is 10.4. The summed E-state index contributed by atoms with van der Waals surface area (Å²) in [5.41, 5.74) is 0.884. The van der Waals surface area contributed by atoms with Crippen molar-refractivity contribution in [1.29, 1.82) is 0 Å². The Morgan fingerprint density at radius 3 is 2.86 bits per heavy atom. The maximum Gasteiger partial charge on any atom is 0.170 e. The van der Waals surface area contributed by atoms with Crippen molar-refractivity contribution >= 4 is 34.9 Å². The third-order valence-electron chi connectivity index (χ3n) is 1.36. The van der Waals surface area contributed by atoms with E-state index in [1.807, 2.05) is 0 Å². The highest BCUT2D eigenvalue weighted by Crippen LogP contribution is 2.21. The van der Waals surface area contributed by atoms with Gasteiger partial charge >= 0.3 is 0 Å². The predicted octanol–water partition coefficient (Wildman–Crippen LogP) is 2.27. The van der Waals surface area contributed by atoms with E-state index in [0.717, 1.165) is 15.8 Å². The van der Waals surface area contributed by atoms with Crippen LogP contribution < -0.4 is 0 Å². The lowest BCUT2D eigenvalue weighted by Gasteiger charge is -1.96.